The second-order valence-electron chi connectivity index (χ2n) is 6.13. The summed E-state index contributed by atoms with van der Waals surface area (Å²) >= 11 is 0. The maximum atomic E-state index is 11.5. The molecule has 2 aromatic rings. The summed E-state index contributed by atoms with van der Waals surface area (Å²) in [5.41, 5.74) is 1.16. The van der Waals surface area contributed by atoms with E-state index in [-0.39, 0.29) is 5.92 Å². The van der Waals surface area contributed by atoms with Crippen molar-refractivity contribution in [2.75, 3.05) is 20.1 Å². The number of aliphatic hydroxyl groups is 1. The first-order valence-electron chi connectivity index (χ1n) is 7.46. The number of piperidine rings is 1. The predicted octanol–water partition coefficient (Wildman–Crippen LogP) is 3.10. The third-order valence-corrected chi connectivity index (χ3v) is 4.81. The quantitative estimate of drug-likeness (QED) is 0.805. The summed E-state index contributed by atoms with van der Waals surface area (Å²) in [6.45, 7) is 1.73. The molecule has 0 bridgehead atoms. The SMILES string of the molecule is CN1CC[C@]2(O)c3ccccc3Oc3ccccc3[C@@H]2C1. The summed E-state index contributed by atoms with van der Waals surface area (Å²) < 4.78 is 6.12. The summed E-state index contributed by atoms with van der Waals surface area (Å²) in [5.74, 6) is 1.68. The lowest BCUT2D eigenvalue weighted by atomic mass is 9.73. The molecule has 0 spiro atoms. The zero-order valence-corrected chi connectivity index (χ0v) is 12.1. The molecular formula is C18H19NO2. The third-order valence-electron chi connectivity index (χ3n) is 4.81. The van der Waals surface area contributed by atoms with Crippen LogP contribution in [0.3, 0.4) is 0 Å². The first kappa shape index (κ1) is 12.9. The number of benzene rings is 2. The van der Waals surface area contributed by atoms with Gasteiger partial charge in [-0.05, 0) is 25.6 Å². The van der Waals surface area contributed by atoms with E-state index in [0.717, 1.165) is 42.1 Å². The van der Waals surface area contributed by atoms with Gasteiger partial charge < -0.3 is 14.7 Å². The molecule has 21 heavy (non-hydrogen) atoms. The summed E-state index contributed by atoms with van der Waals surface area (Å²) in [7, 11) is 2.11. The van der Waals surface area contributed by atoms with E-state index in [4.69, 9.17) is 4.74 Å². The highest BCUT2D eigenvalue weighted by Crippen LogP contribution is 2.51. The minimum Gasteiger partial charge on any atom is -0.457 e. The van der Waals surface area contributed by atoms with E-state index < -0.39 is 5.60 Å². The molecule has 0 aromatic heterocycles. The molecule has 2 heterocycles. The fraction of sp³-hybridized carbons (Fsp3) is 0.333. The van der Waals surface area contributed by atoms with Gasteiger partial charge in [-0.25, -0.2) is 0 Å². The van der Waals surface area contributed by atoms with Crippen molar-refractivity contribution in [1.82, 2.24) is 4.90 Å². The zero-order valence-electron chi connectivity index (χ0n) is 12.1. The summed E-state index contributed by atoms with van der Waals surface area (Å²) in [6, 6.07) is 16.0. The van der Waals surface area contributed by atoms with Crippen molar-refractivity contribution in [3.63, 3.8) is 0 Å². The Balaban J connectivity index is 1.97. The topological polar surface area (TPSA) is 32.7 Å². The van der Waals surface area contributed by atoms with Crippen LogP contribution in [-0.2, 0) is 5.60 Å². The van der Waals surface area contributed by atoms with Crippen LogP contribution in [0, 0.1) is 0 Å². The number of hydrogen-bond acceptors (Lipinski definition) is 3. The Morgan fingerprint density at radius 3 is 2.67 bits per heavy atom. The van der Waals surface area contributed by atoms with E-state index in [1.54, 1.807) is 0 Å². The molecule has 0 unspecified atom stereocenters. The van der Waals surface area contributed by atoms with E-state index >= 15 is 0 Å². The van der Waals surface area contributed by atoms with Crippen molar-refractivity contribution in [3.8, 4) is 11.5 Å². The molecular weight excluding hydrogens is 262 g/mol. The summed E-state index contributed by atoms with van der Waals surface area (Å²) in [6.07, 6.45) is 0.725. The minimum atomic E-state index is -0.851. The summed E-state index contributed by atoms with van der Waals surface area (Å²) in [5, 5.41) is 11.5. The normalized spacial score (nSPS) is 27.8. The number of rotatable bonds is 0. The van der Waals surface area contributed by atoms with Crippen LogP contribution in [0.1, 0.15) is 23.5 Å². The van der Waals surface area contributed by atoms with Gasteiger partial charge in [-0.1, -0.05) is 36.4 Å². The van der Waals surface area contributed by atoms with Crippen LogP contribution in [0.15, 0.2) is 48.5 Å². The zero-order chi connectivity index (χ0) is 14.4. The fourth-order valence-electron chi connectivity index (χ4n) is 3.66. The highest BCUT2D eigenvalue weighted by molar-refractivity contribution is 5.51. The lowest BCUT2D eigenvalue weighted by Gasteiger charge is -2.43. The first-order valence-corrected chi connectivity index (χ1v) is 7.46. The van der Waals surface area contributed by atoms with Crippen molar-refractivity contribution in [3.05, 3.63) is 59.7 Å². The van der Waals surface area contributed by atoms with E-state index in [0.29, 0.717) is 0 Å². The molecule has 0 saturated carbocycles. The smallest absolute Gasteiger partial charge is 0.133 e. The van der Waals surface area contributed by atoms with Crippen molar-refractivity contribution in [2.24, 2.45) is 0 Å². The number of nitrogens with zero attached hydrogens (tertiary/aromatic N) is 1. The largest absolute Gasteiger partial charge is 0.457 e. The van der Waals surface area contributed by atoms with E-state index in [2.05, 4.69) is 18.0 Å². The number of ether oxygens (including phenoxy) is 1. The molecule has 3 nitrogen and oxygen atoms in total. The Labute approximate surface area is 124 Å². The molecule has 0 radical (unpaired) electrons. The van der Waals surface area contributed by atoms with Gasteiger partial charge in [0.25, 0.3) is 0 Å². The lowest BCUT2D eigenvalue weighted by Crippen LogP contribution is -2.46. The van der Waals surface area contributed by atoms with E-state index in [1.807, 2.05) is 42.5 Å². The average molecular weight is 281 g/mol. The van der Waals surface area contributed by atoms with Crippen molar-refractivity contribution < 1.29 is 9.84 Å². The fourth-order valence-corrected chi connectivity index (χ4v) is 3.66. The van der Waals surface area contributed by atoms with Gasteiger partial charge in [-0.3, -0.25) is 0 Å². The maximum absolute atomic E-state index is 11.5. The van der Waals surface area contributed by atoms with Gasteiger partial charge >= 0.3 is 0 Å². The first-order chi connectivity index (χ1) is 10.2. The van der Waals surface area contributed by atoms with Crippen LogP contribution in [0.5, 0.6) is 11.5 Å². The maximum Gasteiger partial charge on any atom is 0.133 e. The minimum absolute atomic E-state index is 0.0381. The van der Waals surface area contributed by atoms with Gasteiger partial charge in [0.2, 0.25) is 0 Å². The van der Waals surface area contributed by atoms with E-state index in [1.165, 1.54) is 0 Å². The van der Waals surface area contributed by atoms with Crippen molar-refractivity contribution >= 4 is 0 Å². The van der Waals surface area contributed by atoms with Crippen molar-refractivity contribution in [2.45, 2.75) is 17.9 Å². The molecule has 1 saturated heterocycles. The predicted molar refractivity (Wildman–Crippen MR) is 81.7 cm³/mol. The highest BCUT2D eigenvalue weighted by atomic mass is 16.5. The Kier molecular flexibility index (Phi) is 2.81. The number of fused-ring (bicyclic) bond motifs is 5. The van der Waals surface area contributed by atoms with Gasteiger partial charge in [-0.15, -0.1) is 0 Å². The van der Waals surface area contributed by atoms with Gasteiger partial charge in [0.1, 0.15) is 17.1 Å². The monoisotopic (exact) mass is 281 g/mol. The molecule has 2 aliphatic heterocycles. The average Bonchev–Trinajstić information content (AvgIpc) is 2.61. The Morgan fingerprint density at radius 1 is 1.10 bits per heavy atom. The Morgan fingerprint density at radius 2 is 1.81 bits per heavy atom. The Bertz CT molecular complexity index is 684. The van der Waals surface area contributed by atoms with Crippen molar-refractivity contribution in [1.29, 1.82) is 0 Å². The molecule has 1 fully saturated rings. The number of para-hydroxylation sites is 2. The molecule has 4 rings (SSSR count). The van der Waals surface area contributed by atoms with Gasteiger partial charge in [0.05, 0.1) is 0 Å². The van der Waals surface area contributed by atoms with Gasteiger partial charge in [-0.2, -0.15) is 0 Å². The lowest BCUT2D eigenvalue weighted by molar-refractivity contribution is -0.0411. The Hall–Kier alpha value is -1.84. The van der Waals surface area contributed by atoms with Crippen LogP contribution >= 0.6 is 0 Å². The standard InChI is InChI=1S/C18H19NO2/c1-19-11-10-18(20)14-7-3-5-9-17(14)21-16-8-4-2-6-13(16)15(18)12-19/h2-9,15,20H,10-12H2,1H3/t15-,18-/m0/s1. The van der Waals surface area contributed by atoms with Crippen LogP contribution in [0.4, 0.5) is 0 Å². The number of hydrogen-bond donors (Lipinski definition) is 1. The molecule has 3 heteroatoms. The van der Waals surface area contributed by atoms with E-state index in [9.17, 15) is 5.11 Å². The van der Waals surface area contributed by atoms with Crippen LogP contribution < -0.4 is 4.74 Å². The van der Waals surface area contributed by atoms with Gasteiger partial charge in [0, 0.05) is 30.1 Å². The third kappa shape index (κ3) is 1.88. The second-order valence-corrected chi connectivity index (χ2v) is 6.13. The molecule has 2 aromatic carbocycles. The number of likely N-dealkylation sites (N-methyl/N-ethyl adjacent to an activating group) is 1. The van der Waals surface area contributed by atoms with Crippen LogP contribution in [-0.4, -0.2) is 30.1 Å². The number of likely N-dealkylation sites (tertiary alicyclic amines) is 1. The van der Waals surface area contributed by atoms with Crippen LogP contribution in [0.25, 0.3) is 0 Å². The molecule has 0 aliphatic carbocycles. The molecule has 1 N–H and O–H groups in total. The highest BCUT2D eigenvalue weighted by Gasteiger charge is 2.47. The van der Waals surface area contributed by atoms with Crippen LogP contribution in [0.2, 0.25) is 0 Å². The second kappa shape index (κ2) is 4.58. The summed E-state index contributed by atoms with van der Waals surface area (Å²) in [4.78, 5) is 2.28. The molecule has 0 amide bonds. The molecule has 2 aliphatic rings. The molecule has 108 valence electrons. The van der Waals surface area contributed by atoms with Gasteiger partial charge in [0.15, 0.2) is 0 Å². The molecule has 2 atom stereocenters.